The molecule has 0 heteroatoms. The van der Waals surface area contributed by atoms with E-state index in [-0.39, 0.29) is 0 Å². The molecule has 0 nitrogen and oxygen atoms in total. The minimum absolute atomic E-state index is 0.891. The van der Waals surface area contributed by atoms with Crippen molar-refractivity contribution in [2.24, 2.45) is 5.92 Å². The van der Waals surface area contributed by atoms with Crippen LogP contribution in [-0.4, -0.2) is 0 Å². The van der Waals surface area contributed by atoms with Crippen LogP contribution in [0.3, 0.4) is 0 Å². The summed E-state index contributed by atoms with van der Waals surface area (Å²) in [4.78, 5) is 0. The summed E-state index contributed by atoms with van der Waals surface area (Å²) >= 11 is 0. The Morgan fingerprint density at radius 3 is 0.760 bits per heavy atom. The second kappa shape index (κ2) is 46.8. The third-order valence-electron chi connectivity index (χ3n) is 11.6. The van der Waals surface area contributed by atoms with Gasteiger partial charge >= 0.3 is 0 Å². The molecule has 0 N–H and O–H groups in total. The monoisotopic (exact) mass is 700 g/mol. The van der Waals surface area contributed by atoms with Gasteiger partial charge in [0.25, 0.3) is 0 Å². The summed E-state index contributed by atoms with van der Waals surface area (Å²) in [6.45, 7) is 6.94. The number of hydrogen-bond acceptors (Lipinski definition) is 0. The third-order valence-corrected chi connectivity index (χ3v) is 11.6. The smallest absolute Gasteiger partial charge is 0.0351 e. The van der Waals surface area contributed by atoms with Gasteiger partial charge in [0.05, 0.1) is 0 Å². The third kappa shape index (κ3) is 43.9. The van der Waals surface area contributed by atoms with Crippen LogP contribution in [0.1, 0.15) is 297 Å². The van der Waals surface area contributed by atoms with Crippen LogP contribution in [0.5, 0.6) is 0 Å². The maximum absolute atomic E-state index is 2.78. The minimum atomic E-state index is 0.891. The van der Waals surface area contributed by atoms with Gasteiger partial charge in [-0.05, 0) is 44.4 Å². The van der Waals surface area contributed by atoms with Crippen LogP contribution in [-0.2, 0) is 0 Å². The fraction of sp³-hybridized carbons (Fsp3) is 0.940. The Morgan fingerprint density at radius 2 is 0.460 bits per heavy atom. The van der Waals surface area contributed by atoms with Gasteiger partial charge in [-0.2, -0.15) is 0 Å². The summed E-state index contributed by atoms with van der Waals surface area (Å²) in [5, 5.41) is 0. The summed E-state index contributed by atoms with van der Waals surface area (Å²) in [5.41, 5.74) is 0. The molecule has 299 valence electrons. The lowest BCUT2D eigenvalue weighted by Crippen LogP contribution is -2.02. The van der Waals surface area contributed by atoms with Crippen molar-refractivity contribution in [3.05, 3.63) is 18.6 Å². The van der Waals surface area contributed by atoms with Crippen LogP contribution in [0, 0.1) is 12.3 Å². The van der Waals surface area contributed by atoms with Crippen molar-refractivity contribution in [1.82, 2.24) is 0 Å². The van der Waals surface area contributed by atoms with Crippen molar-refractivity contribution in [2.75, 3.05) is 0 Å². The van der Waals surface area contributed by atoms with Gasteiger partial charge in [-0.25, -0.2) is 0 Å². The molecule has 0 heterocycles. The molecule has 0 aliphatic rings. The quantitative estimate of drug-likeness (QED) is 0.0438. The van der Waals surface area contributed by atoms with Gasteiger partial charge in [-0.1, -0.05) is 277 Å². The van der Waals surface area contributed by atoms with Crippen LogP contribution in [0.2, 0.25) is 0 Å². The van der Waals surface area contributed by atoms with Crippen molar-refractivity contribution in [2.45, 2.75) is 297 Å². The SMILES string of the molecule is CCCCCCCC/C=C\CCCCCC([CH]CCCCCCCCCCCCCCCCC)CCCCCCCCCCCCCCCC. The van der Waals surface area contributed by atoms with Crippen molar-refractivity contribution in [3.63, 3.8) is 0 Å². The summed E-state index contributed by atoms with van der Waals surface area (Å²) in [6, 6.07) is 0. The molecule has 0 aliphatic carbocycles. The average molecular weight is 700 g/mol. The second-order valence-corrected chi connectivity index (χ2v) is 16.8. The minimum Gasteiger partial charge on any atom is -0.0885 e. The Morgan fingerprint density at radius 1 is 0.240 bits per heavy atom. The van der Waals surface area contributed by atoms with Gasteiger partial charge in [0.1, 0.15) is 0 Å². The zero-order valence-electron chi connectivity index (χ0n) is 35.7. The molecule has 0 rings (SSSR count). The first kappa shape index (κ1) is 49.7. The molecule has 0 aliphatic heterocycles. The van der Waals surface area contributed by atoms with E-state index < -0.39 is 0 Å². The molecule has 0 fully saturated rings. The van der Waals surface area contributed by atoms with E-state index in [9.17, 15) is 0 Å². The fourth-order valence-electron chi connectivity index (χ4n) is 7.97. The van der Waals surface area contributed by atoms with Gasteiger partial charge in [-0.15, -0.1) is 0 Å². The summed E-state index contributed by atoms with van der Waals surface area (Å²) < 4.78 is 0. The normalized spacial score (nSPS) is 12.5. The van der Waals surface area contributed by atoms with Crippen LogP contribution >= 0.6 is 0 Å². The summed E-state index contributed by atoms with van der Waals surface area (Å²) in [5.74, 6) is 0.891. The van der Waals surface area contributed by atoms with Crippen molar-refractivity contribution < 1.29 is 0 Å². The first-order valence-corrected chi connectivity index (χ1v) is 24.3. The van der Waals surface area contributed by atoms with E-state index in [0.717, 1.165) is 5.92 Å². The largest absolute Gasteiger partial charge is 0.0885 e. The lowest BCUT2D eigenvalue weighted by atomic mass is 9.89. The van der Waals surface area contributed by atoms with E-state index in [0.29, 0.717) is 0 Å². The molecule has 0 saturated carbocycles. The second-order valence-electron chi connectivity index (χ2n) is 16.8. The standard InChI is InChI=1S/C50H99/c1-4-7-10-13-16-19-22-25-27-28-31-34-37-40-43-46-49-50(47-44-41-38-35-32-29-24-21-18-15-12-9-6-3)48-45-42-39-36-33-30-26-23-20-17-14-11-8-5-2/h29,32,49-50H,4-28,30-31,33-48H2,1-3H3/b32-29-. The van der Waals surface area contributed by atoms with Gasteiger partial charge in [0.15, 0.2) is 0 Å². The number of allylic oxidation sites excluding steroid dienone is 2. The van der Waals surface area contributed by atoms with Gasteiger partial charge in [-0.3, -0.25) is 0 Å². The highest BCUT2D eigenvalue weighted by molar-refractivity contribution is 4.82. The molecule has 0 amide bonds. The van der Waals surface area contributed by atoms with E-state index in [4.69, 9.17) is 0 Å². The highest BCUT2D eigenvalue weighted by Gasteiger charge is 2.09. The Balaban J connectivity index is 3.96. The number of hydrogen-bond donors (Lipinski definition) is 0. The molecule has 0 aromatic rings. The maximum Gasteiger partial charge on any atom is -0.0351 e. The lowest BCUT2D eigenvalue weighted by Gasteiger charge is -2.17. The zero-order chi connectivity index (χ0) is 36.1. The zero-order valence-corrected chi connectivity index (χ0v) is 35.7. The van der Waals surface area contributed by atoms with E-state index in [1.165, 1.54) is 276 Å². The van der Waals surface area contributed by atoms with Crippen molar-refractivity contribution in [3.8, 4) is 0 Å². The van der Waals surface area contributed by atoms with Gasteiger partial charge in [0.2, 0.25) is 0 Å². The molecular formula is C50H99. The topological polar surface area (TPSA) is 0 Å². The van der Waals surface area contributed by atoms with Crippen LogP contribution in [0.15, 0.2) is 12.2 Å². The van der Waals surface area contributed by atoms with E-state index >= 15 is 0 Å². The average Bonchev–Trinajstić information content (AvgIpc) is 3.13. The molecule has 1 radical (unpaired) electrons. The molecule has 1 atom stereocenters. The number of unbranched alkanes of at least 4 members (excludes halogenated alkanes) is 37. The van der Waals surface area contributed by atoms with Crippen LogP contribution < -0.4 is 0 Å². The fourth-order valence-corrected chi connectivity index (χ4v) is 7.97. The summed E-state index contributed by atoms with van der Waals surface area (Å²) in [6.07, 6.45) is 70.0. The van der Waals surface area contributed by atoms with Crippen LogP contribution in [0.4, 0.5) is 0 Å². The Kier molecular flexibility index (Phi) is 46.5. The molecule has 0 aromatic heterocycles. The summed E-state index contributed by atoms with van der Waals surface area (Å²) in [7, 11) is 0. The van der Waals surface area contributed by atoms with E-state index in [1.807, 2.05) is 0 Å². The Labute approximate surface area is 320 Å². The first-order valence-electron chi connectivity index (χ1n) is 24.3. The molecular weight excluding hydrogens is 601 g/mol. The molecule has 50 heavy (non-hydrogen) atoms. The molecule has 0 bridgehead atoms. The van der Waals surface area contributed by atoms with Gasteiger partial charge in [0, 0.05) is 0 Å². The van der Waals surface area contributed by atoms with E-state index in [2.05, 4.69) is 39.3 Å². The highest BCUT2D eigenvalue weighted by Crippen LogP contribution is 2.24. The van der Waals surface area contributed by atoms with E-state index in [1.54, 1.807) is 0 Å². The Bertz CT molecular complexity index is 589. The first-order chi connectivity index (χ1) is 24.8. The molecule has 0 aromatic carbocycles. The predicted octanol–water partition coefficient (Wildman–Crippen LogP) is 19.2. The predicted molar refractivity (Wildman–Crippen MR) is 232 cm³/mol. The lowest BCUT2D eigenvalue weighted by molar-refractivity contribution is 0.432. The maximum atomic E-state index is 2.78. The van der Waals surface area contributed by atoms with Gasteiger partial charge < -0.3 is 0 Å². The van der Waals surface area contributed by atoms with Crippen molar-refractivity contribution in [1.29, 1.82) is 0 Å². The molecule has 1 unspecified atom stereocenters. The molecule has 0 saturated heterocycles. The highest BCUT2D eigenvalue weighted by atomic mass is 14.1. The van der Waals surface area contributed by atoms with Crippen LogP contribution in [0.25, 0.3) is 0 Å². The number of rotatable bonds is 45. The molecule has 0 spiro atoms. The van der Waals surface area contributed by atoms with Crippen molar-refractivity contribution >= 4 is 0 Å². The Hall–Kier alpha value is -0.260.